The highest BCUT2D eigenvalue weighted by Crippen LogP contribution is 2.38. The molecule has 25 heavy (non-hydrogen) atoms. The zero-order chi connectivity index (χ0) is 18.1. The Morgan fingerprint density at radius 2 is 1.96 bits per heavy atom. The zero-order valence-corrected chi connectivity index (χ0v) is 14.0. The number of halogens is 2. The van der Waals surface area contributed by atoms with Crippen molar-refractivity contribution in [2.24, 2.45) is 16.5 Å². The molecule has 2 aromatic carbocycles. The maximum Gasteiger partial charge on any atom is 0.280 e. The Morgan fingerprint density at radius 1 is 1.20 bits per heavy atom. The highest BCUT2D eigenvalue weighted by molar-refractivity contribution is 6.30. The van der Waals surface area contributed by atoms with Crippen LogP contribution in [0.1, 0.15) is 28.4 Å². The van der Waals surface area contributed by atoms with Gasteiger partial charge in [0.1, 0.15) is 17.7 Å². The molecule has 1 atom stereocenters. The normalized spacial score (nSPS) is 15.6. The van der Waals surface area contributed by atoms with Crippen molar-refractivity contribution in [3.8, 4) is 5.75 Å². The van der Waals surface area contributed by atoms with Gasteiger partial charge in [-0.1, -0.05) is 11.6 Å². The number of benzene rings is 2. The Morgan fingerprint density at radius 3 is 2.68 bits per heavy atom. The third-order valence-electron chi connectivity index (χ3n) is 3.68. The van der Waals surface area contributed by atoms with E-state index in [2.05, 4.69) is 4.99 Å². The Hall–Kier alpha value is -2.86. The molecule has 1 aliphatic heterocycles. The van der Waals surface area contributed by atoms with Crippen LogP contribution < -0.4 is 16.2 Å². The Bertz CT molecular complexity index is 921. The van der Waals surface area contributed by atoms with Crippen LogP contribution in [0.15, 0.2) is 47.5 Å². The summed E-state index contributed by atoms with van der Waals surface area (Å²) >= 11 is 6.01. The molecule has 1 amide bonds. The van der Waals surface area contributed by atoms with Gasteiger partial charge in [-0.2, -0.15) is 4.99 Å². The number of rotatable bonds is 2. The van der Waals surface area contributed by atoms with Gasteiger partial charge in [-0.15, -0.1) is 0 Å². The van der Waals surface area contributed by atoms with E-state index in [1.807, 2.05) is 6.92 Å². The summed E-state index contributed by atoms with van der Waals surface area (Å²) in [5, 5.41) is 0.408. The summed E-state index contributed by atoms with van der Waals surface area (Å²) in [6, 6.07) is 9.07. The van der Waals surface area contributed by atoms with E-state index < -0.39 is 11.7 Å². The lowest BCUT2D eigenvalue weighted by molar-refractivity contribution is 0.100. The number of ether oxygens (including phenoxy) is 1. The number of fused-ring (bicyclic) bond motifs is 1. The Balaban J connectivity index is 2.15. The number of guanidine groups is 1. The average molecular weight is 360 g/mol. The number of hydrogen-bond acceptors (Lipinski definition) is 2. The third kappa shape index (κ3) is 3.49. The zero-order valence-electron chi connectivity index (χ0n) is 13.3. The Labute approximate surface area is 148 Å². The molecule has 4 N–H and O–H groups in total. The standard InChI is InChI=1S/C18H15ClFN3O2/c1-9-6-12(13-8-11(19)3-4-15(13)20)14-7-10(2-5-16(14)25-9)17(24)23-18(21)22/h2-9H,1H3,(H4,21,22,23,24). The van der Waals surface area contributed by atoms with Gasteiger partial charge in [-0.05, 0) is 55.0 Å². The molecule has 128 valence electrons. The predicted molar refractivity (Wildman–Crippen MR) is 95.2 cm³/mol. The van der Waals surface area contributed by atoms with Crippen molar-refractivity contribution in [3.63, 3.8) is 0 Å². The van der Waals surface area contributed by atoms with Gasteiger partial charge >= 0.3 is 0 Å². The molecule has 0 spiro atoms. The first-order valence-electron chi connectivity index (χ1n) is 7.47. The molecule has 0 saturated carbocycles. The predicted octanol–water partition coefficient (Wildman–Crippen LogP) is 3.11. The average Bonchev–Trinajstić information content (AvgIpc) is 2.55. The van der Waals surface area contributed by atoms with Gasteiger partial charge < -0.3 is 16.2 Å². The van der Waals surface area contributed by atoms with Gasteiger partial charge in [-0.3, -0.25) is 4.79 Å². The van der Waals surface area contributed by atoms with Gasteiger partial charge in [0.15, 0.2) is 5.96 Å². The van der Waals surface area contributed by atoms with Crippen molar-refractivity contribution in [2.75, 3.05) is 0 Å². The van der Waals surface area contributed by atoms with Gasteiger partial charge in [0, 0.05) is 21.7 Å². The van der Waals surface area contributed by atoms with Crippen molar-refractivity contribution in [2.45, 2.75) is 13.0 Å². The summed E-state index contributed by atoms with van der Waals surface area (Å²) in [5.41, 5.74) is 12.2. The van der Waals surface area contributed by atoms with Crippen LogP contribution in [-0.2, 0) is 0 Å². The van der Waals surface area contributed by atoms with Crippen molar-refractivity contribution in [3.05, 3.63) is 70.0 Å². The molecule has 0 aliphatic carbocycles. The van der Waals surface area contributed by atoms with E-state index in [-0.39, 0.29) is 17.6 Å². The Kier molecular flexibility index (Phi) is 4.46. The van der Waals surface area contributed by atoms with Gasteiger partial charge in [0.05, 0.1) is 0 Å². The van der Waals surface area contributed by atoms with E-state index in [1.165, 1.54) is 18.2 Å². The molecule has 3 rings (SSSR count). The fourth-order valence-electron chi connectivity index (χ4n) is 2.66. The van der Waals surface area contributed by atoms with Gasteiger partial charge in [0.25, 0.3) is 5.91 Å². The molecule has 0 saturated heterocycles. The number of amides is 1. The maximum absolute atomic E-state index is 14.3. The summed E-state index contributed by atoms with van der Waals surface area (Å²) < 4.78 is 20.1. The van der Waals surface area contributed by atoms with Crippen LogP contribution in [0.2, 0.25) is 5.02 Å². The second-order valence-corrected chi connectivity index (χ2v) is 6.02. The monoisotopic (exact) mass is 359 g/mol. The first-order chi connectivity index (χ1) is 11.8. The minimum atomic E-state index is -0.590. The van der Waals surface area contributed by atoms with E-state index in [1.54, 1.807) is 24.3 Å². The van der Waals surface area contributed by atoms with Crippen LogP contribution >= 0.6 is 11.6 Å². The first-order valence-corrected chi connectivity index (χ1v) is 7.85. The summed E-state index contributed by atoms with van der Waals surface area (Å²) in [6.07, 6.45) is 1.51. The molecular weight excluding hydrogens is 345 g/mol. The molecule has 0 bridgehead atoms. The van der Waals surface area contributed by atoms with Crippen LogP contribution in [0, 0.1) is 5.82 Å². The highest BCUT2D eigenvalue weighted by atomic mass is 35.5. The molecule has 0 fully saturated rings. The molecular formula is C18H15ClFN3O2. The highest BCUT2D eigenvalue weighted by Gasteiger charge is 2.23. The molecule has 0 radical (unpaired) electrons. The second-order valence-electron chi connectivity index (χ2n) is 5.58. The lowest BCUT2D eigenvalue weighted by Crippen LogP contribution is -2.24. The van der Waals surface area contributed by atoms with Crippen molar-refractivity contribution < 1.29 is 13.9 Å². The van der Waals surface area contributed by atoms with Gasteiger partial charge in [-0.25, -0.2) is 4.39 Å². The van der Waals surface area contributed by atoms with Crippen molar-refractivity contribution in [1.29, 1.82) is 0 Å². The largest absolute Gasteiger partial charge is 0.486 e. The summed E-state index contributed by atoms with van der Waals surface area (Å²) in [6.45, 7) is 1.84. The maximum atomic E-state index is 14.3. The second kappa shape index (κ2) is 6.57. The third-order valence-corrected chi connectivity index (χ3v) is 3.92. The SMILES string of the molecule is CC1C=C(c2cc(Cl)ccc2F)c2cc(C(=O)N=C(N)N)ccc2O1. The first kappa shape index (κ1) is 17.0. The number of hydrogen-bond donors (Lipinski definition) is 2. The van der Waals surface area contributed by atoms with Gasteiger partial charge in [0.2, 0.25) is 0 Å². The van der Waals surface area contributed by atoms with E-state index in [9.17, 15) is 9.18 Å². The minimum absolute atomic E-state index is 0.263. The minimum Gasteiger partial charge on any atom is -0.486 e. The van der Waals surface area contributed by atoms with E-state index in [4.69, 9.17) is 27.8 Å². The smallest absolute Gasteiger partial charge is 0.280 e. The molecule has 2 aromatic rings. The summed E-state index contributed by atoms with van der Waals surface area (Å²) in [5.74, 6) is -0.807. The van der Waals surface area contributed by atoms with Crippen LogP contribution in [0.4, 0.5) is 4.39 Å². The number of carbonyl (C=O) groups is 1. The topological polar surface area (TPSA) is 90.7 Å². The van der Waals surface area contributed by atoms with Crippen LogP contribution in [-0.4, -0.2) is 18.0 Å². The number of carbonyl (C=O) groups excluding carboxylic acids is 1. The lowest BCUT2D eigenvalue weighted by Gasteiger charge is -2.24. The molecule has 1 heterocycles. The summed E-state index contributed by atoms with van der Waals surface area (Å²) in [7, 11) is 0. The van der Waals surface area contributed by atoms with E-state index >= 15 is 0 Å². The fourth-order valence-corrected chi connectivity index (χ4v) is 2.83. The number of nitrogens with two attached hydrogens (primary N) is 2. The van der Waals surface area contributed by atoms with E-state index in [0.29, 0.717) is 27.5 Å². The van der Waals surface area contributed by atoms with Crippen molar-refractivity contribution >= 4 is 29.0 Å². The van der Waals surface area contributed by atoms with Crippen LogP contribution in [0.25, 0.3) is 5.57 Å². The molecule has 0 aromatic heterocycles. The lowest BCUT2D eigenvalue weighted by atomic mass is 9.92. The molecule has 1 unspecified atom stereocenters. The van der Waals surface area contributed by atoms with Crippen LogP contribution in [0.3, 0.4) is 0 Å². The number of nitrogens with zero attached hydrogens (tertiary/aromatic N) is 1. The van der Waals surface area contributed by atoms with Crippen molar-refractivity contribution in [1.82, 2.24) is 0 Å². The fraction of sp³-hybridized carbons (Fsp3) is 0.111. The molecule has 1 aliphatic rings. The van der Waals surface area contributed by atoms with Crippen LogP contribution in [0.5, 0.6) is 5.75 Å². The quantitative estimate of drug-likeness (QED) is 0.636. The number of aliphatic imine (C=N–C) groups is 1. The van der Waals surface area contributed by atoms with E-state index in [0.717, 1.165) is 0 Å². The summed E-state index contributed by atoms with van der Waals surface area (Å²) in [4.78, 5) is 15.6. The molecule has 5 nitrogen and oxygen atoms in total. The molecule has 7 heteroatoms.